The molecule has 1 N–H and O–H groups in total. The number of ether oxygens (including phenoxy) is 4. The minimum absolute atomic E-state index is 0.217. The van der Waals surface area contributed by atoms with Gasteiger partial charge in [0.15, 0.2) is 23.0 Å². The molecule has 2 aromatic carbocycles. The van der Waals surface area contributed by atoms with Gasteiger partial charge in [-0.05, 0) is 48.7 Å². The van der Waals surface area contributed by atoms with E-state index in [1.165, 1.54) is 11.3 Å². The number of nitrogens with zero attached hydrogens (tertiary/aromatic N) is 1. The first-order valence-corrected chi connectivity index (χ1v) is 11.6. The van der Waals surface area contributed by atoms with E-state index in [9.17, 15) is 4.79 Å². The molecule has 3 rings (SSSR count). The fraction of sp³-hybridized carbons (Fsp3) is 0.360. The van der Waals surface area contributed by atoms with Crippen LogP contribution >= 0.6 is 11.3 Å². The second-order valence-corrected chi connectivity index (χ2v) is 8.66. The van der Waals surface area contributed by atoms with E-state index >= 15 is 0 Å². The molecule has 1 heterocycles. The average molecular weight is 471 g/mol. The summed E-state index contributed by atoms with van der Waals surface area (Å²) in [5, 5.41) is 4.94. The molecule has 8 heteroatoms. The number of hydrogen-bond acceptors (Lipinski definition) is 7. The molecule has 0 spiro atoms. The van der Waals surface area contributed by atoms with Gasteiger partial charge in [0.05, 0.1) is 38.1 Å². The van der Waals surface area contributed by atoms with Gasteiger partial charge in [0.1, 0.15) is 6.61 Å². The first-order chi connectivity index (χ1) is 15.9. The van der Waals surface area contributed by atoms with Crippen LogP contribution in [0.5, 0.6) is 23.0 Å². The first kappa shape index (κ1) is 24.4. The summed E-state index contributed by atoms with van der Waals surface area (Å²) in [5.74, 6) is 2.55. The van der Waals surface area contributed by atoms with Gasteiger partial charge in [-0.3, -0.25) is 4.79 Å². The van der Waals surface area contributed by atoms with Crippen molar-refractivity contribution in [1.82, 2.24) is 10.3 Å². The summed E-state index contributed by atoms with van der Waals surface area (Å²) in [6, 6.07) is 10.6. The van der Waals surface area contributed by atoms with Crippen LogP contribution in [0.15, 0.2) is 47.3 Å². The lowest BCUT2D eigenvalue weighted by Crippen LogP contribution is -2.26. The van der Waals surface area contributed by atoms with Crippen LogP contribution in [0, 0.1) is 5.92 Å². The van der Waals surface area contributed by atoms with E-state index in [1.54, 1.807) is 37.9 Å². The number of benzene rings is 2. The standard InChI is InChI=1S/C25H30N2O5S/c1-16(2)12-31-21-8-6-18(10-23(21)29-4)17(3)27-25(28)19-7-9-22(24(11-19)30-5)32-13-20-14-33-15-26-20/h6-11,14-17H,12-13H2,1-5H3,(H,27,28). The fourth-order valence-electron chi connectivity index (χ4n) is 3.08. The predicted octanol–water partition coefficient (Wildman–Crippen LogP) is 5.27. The largest absolute Gasteiger partial charge is 0.493 e. The van der Waals surface area contributed by atoms with Crippen molar-refractivity contribution in [3.8, 4) is 23.0 Å². The molecule has 0 bridgehead atoms. The number of thiazole rings is 1. The smallest absolute Gasteiger partial charge is 0.251 e. The third kappa shape index (κ3) is 6.61. The van der Waals surface area contributed by atoms with Gasteiger partial charge in [-0.1, -0.05) is 19.9 Å². The zero-order valence-corrected chi connectivity index (χ0v) is 20.4. The number of nitrogens with one attached hydrogen (secondary N) is 1. The zero-order valence-electron chi connectivity index (χ0n) is 19.6. The van der Waals surface area contributed by atoms with E-state index in [2.05, 4.69) is 24.1 Å². The molecule has 3 aromatic rings. The average Bonchev–Trinajstić information content (AvgIpc) is 3.34. The van der Waals surface area contributed by atoms with Gasteiger partial charge >= 0.3 is 0 Å². The van der Waals surface area contributed by atoms with Crippen molar-refractivity contribution in [2.75, 3.05) is 20.8 Å². The zero-order chi connectivity index (χ0) is 23.8. The molecule has 1 aromatic heterocycles. The van der Waals surface area contributed by atoms with Crippen molar-refractivity contribution in [2.45, 2.75) is 33.4 Å². The molecular formula is C25H30N2O5S. The van der Waals surface area contributed by atoms with Gasteiger partial charge in [-0.25, -0.2) is 4.98 Å². The minimum atomic E-state index is -0.239. The van der Waals surface area contributed by atoms with Crippen molar-refractivity contribution < 1.29 is 23.7 Å². The Morgan fingerprint density at radius 3 is 2.33 bits per heavy atom. The number of carbonyl (C=O) groups is 1. The van der Waals surface area contributed by atoms with Crippen molar-refractivity contribution >= 4 is 17.2 Å². The molecule has 0 aliphatic carbocycles. The third-order valence-electron chi connectivity index (χ3n) is 4.89. The van der Waals surface area contributed by atoms with Gasteiger partial charge in [-0.2, -0.15) is 0 Å². The van der Waals surface area contributed by atoms with Crippen LogP contribution in [-0.2, 0) is 6.61 Å². The second-order valence-electron chi connectivity index (χ2n) is 7.94. The third-order valence-corrected chi connectivity index (χ3v) is 5.53. The van der Waals surface area contributed by atoms with E-state index in [0.29, 0.717) is 47.7 Å². The normalized spacial score (nSPS) is 11.7. The van der Waals surface area contributed by atoms with Crippen LogP contribution in [0.4, 0.5) is 0 Å². The van der Waals surface area contributed by atoms with Crippen molar-refractivity contribution in [3.05, 3.63) is 64.1 Å². The summed E-state index contributed by atoms with van der Waals surface area (Å²) < 4.78 is 22.5. The first-order valence-electron chi connectivity index (χ1n) is 10.7. The fourth-order valence-corrected chi connectivity index (χ4v) is 3.62. The van der Waals surface area contributed by atoms with Crippen LogP contribution in [0.2, 0.25) is 0 Å². The summed E-state index contributed by atoms with van der Waals surface area (Å²) in [7, 11) is 3.15. The Labute approximate surface area is 198 Å². The Morgan fingerprint density at radius 1 is 0.970 bits per heavy atom. The summed E-state index contributed by atoms with van der Waals surface area (Å²) in [6.45, 7) is 7.04. The van der Waals surface area contributed by atoms with Gasteiger partial charge in [0.25, 0.3) is 5.91 Å². The van der Waals surface area contributed by atoms with Crippen LogP contribution in [0.1, 0.15) is 48.4 Å². The molecule has 0 radical (unpaired) electrons. The number of aromatic nitrogens is 1. The molecule has 0 fully saturated rings. The Hall–Kier alpha value is -3.26. The van der Waals surface area contributed by atoms with Gasteiger partial charge in [0, 0.05) is 10.9 Å². The monoisotopic (exact) mass is 470 g/mol. The molecule has 176 valence electrons. The molecule has 0 aliphatic rings. The summed E-state index contributed by atoms with van der Waals surface area (Å²) in [6.07, 6.45) is 0. The lowest BCUT2D eigenvalue weighted by atomic mass is 10.1. The topological polar surface area (TPSA) is 78.9 Å². The number of carbonyl (C=O) groups excluding carboxylic acids is 1. The van der Waals surface area contributed by atoms with Gasteiger partial charge in [-0.15, -0.1) is 11.3 Å². The lowest BCUT2D eigenvalue weighted by molar-refractivity contribution is 0.0939. The Morgan fingerprint density at radius 2 is 1.67 bits per heavy atom. The van der Waals surface area contributed by atoms with Crippen molar-refractivity contribution in [1.29, 1.82) is 0 Å². The highest BCUT2D eigenvalue weighted by Gasteiger charge is 2.16. The highest BCUT2D eigenvalue weighted by atomic mass is 32.1. The Bertz CT molecular complexity index is 1050. The SMILES string of the molecule is COc1cc(C(=O)NC(C)c2ccc(OCC(C)C)c(OC)c2)ccc1OCc1cscn1. The predicted molar refractivity (Wildman–Crippen MR) is 129 cm³/mol. The maximum atomic E-state index is 12.9. The molecule has 1 atom stereocenters. The highest BCUT2D eigenvalue weighted by Crippen LogP contribution is 2.32. The number of hydrogen-bond donors (Lipinski definition) is 1. The molecular weight excluding hydrogens is 440 g/mol. The number of rotatable bonds is 11. The molecule has 7 nitrogen and oxygen atoms in total. The van der Waals surface area contributed by atoms with Crippen LogP contribution in [0.25, 0.3) is 0 Å². The van der Waals surface area contributed by atoms with Crippen LogP contribution in [-0.4, -0.2) is 31.7 Å². The molecule has 1 amide bonds. The Kier molecular flexibility index (Phi) is 8.54. The van der Waals surface area contributed by atoms with Crippen molar-refractivity contribution in [3.63, 3.8) is 0 Å². The number of methoxy groups -OCH3 is 2. The van der Waals surface area contributed by atoms with Gasteiger partial charge in [0.2, 0.25) is 0 Å². The second kappa shape index (κ2) is 11.6. The summed E-state index contributed by atoms with van der Waals surface area (Å²) in [5.41, 5.74) is 3.98. The maximum absolute atomic E-state index is 12.9. The number of amides is 1. The summed E-state index contributed by atoms with van der Waals surface area (Å²) in [4.78, 5) is 17.1. The van der Waals surface area contributed by atoms with Crippen molar-refractivity contribution in [2.24, 2.45) is 5.92 Å². The Balaban J connectivity index is 1.67. The molecule has 0 saturated heterocycles. The molecule has 33 heavy (non-hydrogen) atoms. The van der Waals surface area contributed by atoms with E-state index in [0.717, 1.165) is 11.3 Å². The van der Waals surface area contributed by atoms with Crippen LogP contribution in [0.3, 0.4) is 0 Å². The highest BCUT2D eigenvalue weighted by molar-refractivity contribution is 7.07. The van der Waals surface area contributed by atoms with E-state index in [-0.39, 0.29) is 11.9 Å². The van der Waals surface area contributed by atoms with E-state index in [4.69, 9.17) is 18.9 Å². The van der Waals surface area contributed by atoms with E-state index < -0.39 is 0 Å². The quantitative estimate of drug-likeness (QED) is 0.412. The lowest BCUT2D eigenvalue weighted by Gasteiger charge is -2.18. The minimum Gasteiger partial charge on any atom is -0.493 e. The van der Waals surface area contributed by atoms with Crippen LogP contribution < -0.4 is 24.3 Å². The van der Waals surface area contributed by atoms with E-state index in [1.807, 2.05) is 30.5 Å². The summed E-state index contributed by atoms with van der Waals surface area (Å²) >= 11 is 1.51. The molecule has 0 saturated carbocycles. The van der Waals surface area contributed by atoms with Gasteiger partial charge < -0.3 is 24.3 Å². The molecule has 0 aliphatic heterocycles. The molecule has 1 unspecified atom stereocenters. The maximum Gasteiger partial charge on any atom is 0.251 e.